The minimum Gasteiger partial charge on any atom is -0.444 e. The molecule has 0 aliphatic carbocycles. The lowest BCUT2D eigenvalue weighted by molar-refractivity contribution is 0.0228. The van der Waals surface area contributed by atoms with E-state index in [0.29, 0.717) is 5.92 Å². The highest BCUT2D eigenvalue weighted by atomic mass is 16.6. The molecule has 0 N–H and O–H groups in total. The monoisotopic (exact) mass is 210 g/mol. The average Bonchev–Trinajstić information content (AvgIpc) is 2.57. The molecule has 0 aromatic carbocycles. The molecule has 83 valence electrons. The Hall–Kier alpha value is -1.06. The van der Waals surface area contributed by atoms with Crippen LogP contribution in [0.15, 0.2) is 0 Å². The molecule has 1 radical (unpaired) electrons. The molecule has 0 aromatic rings. The molecule has 2 atom stereocenters. The first-order chi connectivity index (χ1) is 6.97. The van der Waals surface area contributed by atoms with Gasteiger partial charge in [-0.1, -0.05) is 0 Å². The van der Waals surface area contributed by atoms with Crippen molar-refractivity contribution in [3.05, 3.63) is 0 Å². The lowest BCUT2D eigenvalue weighted by atomic mass is 10.1. The van der Waals surface area contributed by atoms with Gasteiger partial charge in [0.05, 0.1) is 5.92 Å². The third-order valence-corrected chi connectivity index (χ3v) is 2.82. The number of hydrogen-bond donors (Lipinski definition) is 0. The van der Waals surface area contributed by atoms with Crippen LogP contribution in [0.2, 0.25) is 0 Å². The third-order valence-electron chi connectivity index (χ3n) is 2.82. The van der Waals surface area contributed by atoms with Crippen molar-refractivity contribution in [1.82, 2.24) is 9.89 Å². The molecule has 1 saturated heterocycles. The molecule has 0 bridgehead atoms. The van der Waals surface area contributed by atoms with Crippen LogP contribution >= 0.6 is 0 Å². The Morgan fingerprint density at radius 3 is 2.93 bits per heavy atom. The van der Waals surface area contributed by atoms with Gasteiger partial charge in [0.15, 0.2) is 0 Å². The number of likely N-dealkylation sites (tertiary alicyclic amines) is 1. The fraction of sp³-hybridized carbons (Fsp3) is 0.818. The lowest BCUT2D eigenvalue weighted by Gasteiger charge is -2.26. The van der Waals surface area contributed by atoms with E-state index in [1.807, 2.05) is 31.9 Å². The van der Waals surface area contributed by atoms with Crippen LogP contribution in [0.25, 0.3) is 0 Å². The Labute approximate surface area is 90.3 Å². The second kappa shape index (κ2) is 3.51. The van der Waals surface area contributed by atoms with Gasteiger partial charge in [-0.3, -0.25) is 4.90 Å². The average molecular weight is 210 g/mol. The van der Waals surface area contributed by atoms with Gasteiger partial charge in [0.25, 0.3) is 0 Å². The van der Waals surface area contributed by atoms with Crippen LogP contribution < -0.4 is 4.99 Å². The van der Waals surface area contributed by atoms with Crippen LogP contribution in [0.5, 0.6) is 0 Å². The number of aliphatic imine (C=N–C) groups is 1. The topological polar surface area (TPSA) is 43.6 Å². The Bertz CT molecular complexity index is 293. The van der Waals surface area contributed by atoms with Crippen LogP contribution in [-0.2, 0) is 4.74 Å². The first-order valence-corrected chi connectivity index (χ1v) is 5.47. The number of carbonyl (C=O) groups is 1. The highest BCUT2D eigenvalue weighted by molar-refractivity contribution is 5.72. The van der Waals surface area contributed by atoms with E-state index in [1.165, 1.54) is 0 Å². The minimum absolute atomic E-state index is 0.194. The van der Waals surface area contributed by atoms with Gasteiger partial charge in [0.1, 0.15) is 11.6 Å². The van der Waals surface area contributed by atoms with E-state index in [1.54, 1.807) is 0 Å². The number of carbonyl (C=O) groups excluding carboxylic acids is 1. The molecule has 1 fully saturated rings. The Morgan fingerprint density at radius 2 is 2.27 bits per heavy atom. The van der Waals surface area contributed by atoms with E-state index in [-0.39, 0.29) is 12.1 Å². The predicted molar refractivity (Wildman–Crippen MR) is 57.9 cm³/mol. The van der Waals surface area contributed by atoms with Crippen molar-refractivity contribution in [1.29, 1.82) is 0 Å². The molecule has 0 spiro atoms. The van der Waals surface area contributed by atoms with Crippen molar-refractivity contribution in [2.45, 2.75) is 38.8 Å². The molecular weight excluding hydrogens is 192 g/mol. The van der Waals surface area contributed by atoms with Crippen molar-refractivity contribution >= 4 is 12.3 Å². The summed E-state index contributed by atoms with van der Waals surface area (Å²) in [6, 6.07) is 0.250. The molecule has 15 heavy (non-hydrogen) atoms. The Morgan fingerprint density at radius 1 is 1.53 bits per heavy atom. The van der Waals surface area contributed by atoms with Gasteiger partial charge in [0, 0.05) is 11.5 Å². The van der Waals surface area contributed by atoms with E-state index in [4.69, 9.17) is 4.74 Å². The molecule has 0 saturated carbocycles. The summed E-state index contributed by atoms with van der Waals surface area (Å²) in [4.78, 5) is 17.9. The molecule has 2 heterocycles. The fourth-order valence-electron chi connectivity index (χ4n) is 2.14. The highest BCUT2D eigenvalue weighted by Gasteiger charge is 2.45. The van der Waals surface area contributed by atoms with Crippen LogP contribution in [-0.4, -0.2) is 41.9 Å². The van der Waals surface area contributed by atoms with Crippen molar-refractivity contribution in [2.24, 2.45) is 5.92 Å². The van der Waals surface area contributed by atoms with E-state index in [0.717, 1.165) is 19.5 Å². The first kappa shape index (κ1) is 10.5. The zero-order valence-corrected chi connectivity index (χ0v) is 9.56. The van der Waals surface area contributed by atoms with Crippen LogP contribution in [0.4, 0.5) is 4.79 Å². The van der Waals surface area contributed by atoms with Crippen LogP contribution in [0.3, 0.4) is 0 Å². The molecule has 2 aliphatic heterocycles. The number of nitrogens with zero attached hydrogens (tertiary/aromatic N) is 2. The standard InChI is InChI=1S/C11H18N2O2/c1-11(2,3)15-10(14)13-5-4-8-6-12-7-9(8)13/h6,8-9H,4-5,7H2,1-3H3/q+1. The molecule has 2 aliphatic rings. The van der Waals surface area contributed by atoms with Gasteiger partial charge in [-0.05, 0) is 27.2 Å². The van der Waals surface area contributed by atoms with Crippen molar-refractivity contribution < 1.29 is 9.53 Å². The van der Waals surface area contributed by atoms with Gasteiger partial charge in [-0.15, -0.1) is 0 Å². The summed E-state index contributed by atoms with van der Waals surface area (Å²) in [7, 11) is 0. The second-order valence-corrected chi connectivity index (χ2v) is 5.21. The summed E-state index contributed by atoms with van der Waals surface area (Å²) in [6.07, 6.45) is 2.81. The van der Waals surface area contributed by atoms with Crippen LogP contribution in [0.1, 0.15) is 27.2 Å². The predicted octanol–water partition coefficient (Wildman–Crippen LogP) is 1.03. The van der Waals surface area contributed by atoms with Crippen molar-refractivity contribution in [2.75, 3.05) is 13.1 Å². The number of fused-ring (bicyclic) bond motifs is 1. The van der Waals surface area contributed by atoms with E-state index >= 15 is 0 Å². The second-order valence-electron chi connectivity index (χ2n) is 5.21. The van der Waals surface area contributed by atoms with Crippen LogP contribution in [0, 0.1) is 5.92 Å². The number of ether oxygens (including phenoxy) is 1. The molecule has 1 amide bonds. The van der Waals surface area contributed by atoms with Gasteiger partial charge in [-0.25, -0.2) is 4.79 Å². The fourth-order valence-corrected chi connectivity index (χ4v) is 2.14. The quantitative estimate of drug-likeness (QED) is 0.599. The minimum atomic E-state index is -0.408. The third kappa shape index (κ3) is 2.13. The largest absolute Gasteiger partial charge is 0.444 e. The van der Waals surface area contributed by atoms with Gasteiger partial charge >= 0.3 is 6.09 Å². The summed E-state index contributed by atoms with van der Waals surface area (Å²) >= 11 is 0. The van der Waals surface area contributed by atoms with Gasteiger partial charge in [0.2, 0.25) is 12.8 Å². The Kier molecular flexibility index (Phi) is 2.44. The number of rotatable bonds is 0. The first-order valence-electron chi connectivity index (χ1n) is 5.47. The van der Waals surface area contributed by atoms with Crippen molar-refractivity contribution in [3.8, 4) is 0 Å². The van der Waals surface area contributed by atoms with Gasteiger partial charge < -0.3 is 4.74 Å². The molecule has 4 nitrogen and oxygen atoms in total. The molecule has 4 heteroatoms. The molecule has 2 rings (SSSR count). The zero-order valence-electron chi connectivity index (χ0n) is 9.56. The van der Waals surface area contributed by atoms with E-state index in [9.17, 15) is 4.79 Å². The smallest absolute Gasteiger partial charge is 0.410 e. The molecule has 0 aromatic heterocycles. The summed E-state index contributed by atoms with van der Waals surface area (Å²) in [6.45, 7) is 7.22. The normalized spacial score (nSPS) is 29.4. The van der Waals surface area contributed by atoms with E-state index < -0.39 is 5.60 Å². The maximum Gasteiger partial charge on any atom is 0.410 e. The van der Waals surface area contributed by atoms with Gasteiger partial charge in [-0.2, -0.15) is 0 Å². The summed E-state index contributed by atoms with van der Waals surface area (Å²) in [5, 5.41) is 0. The lowest BCUT2D eigenvalue weighted by Crippen LogP contribution is -2.42. The molecular formula is C11H18N2O2+. The maximum absolute atomic E-state index is 11.9. The van der Waals surface area contributed by atoms with Crippen molar-refractivity contribution in [3.63, 3.8) is 0 Å². The summed E-state index contributed by atoms with van der Waals surface area (Å²) in [5.41, 5.74) is -0.408. The summed E-state index contributed by atoms with van der Waals surface area (Å²) in [5.74, 6) is 0.456. The highest BCUT2D eigenvalue weighted by Crippen LogP contribution is 2.26. The molecule has 2 unspecified atom stereocenters. The zero-order chi connectivity index (χ0) is 11.1. The number of amides is 1. The number of hydrogen-bond acceptors (Lipinski definition) is 3. The summed E-state index contributed by atoms with van der Waals surface area (Å²) < 4.78 is 5.36. The SMILES string of the molecule is CC(C)(C)OC(=O)N1CCC2C=[N+]CC21. The maximum atomic E-state index is 11.9. The Balaban J connectivity index is 1.97. The van der Waals surface area contributed by atoms with E-state index in [2.05, 4.69) is 4.99 Å².